The van der Waals surface area contributed by atoms with Crippen LogP contribution in [-0.4, -0.2) is 0 Å². The van der Waals surface area contributed by atoms with Crippen molar-refractivity contribution in [1.29, 1.82) is 5.26 Å². The van der Waals surface area contributed by atoms with Gasteiger partial charge in [-0.15, -0.1) is 0 Å². The van der Waals surface area contributed by atoms with Crippen molar-refractivity contribution < 1.29 is 0 Å². The summed E-state index contributed by atoms with van der Waals surface area (Å²) in [6.07, 6.45) is 0. The molecule has 0 aliphatic heterocycles. The van der Waals surface area contributed by atoms with Crippen LogP contribution in [0.3, 0.4) is 0 Å². The Morgan fingerprint density at radius 1 is 0.400 bits per heavy atom. The largest absolute Gasteiger partial charge is 0.311 e. The van der Waals surface area contributed by atoms with Crippen molar-refractivity contribution in [2.24, 2.45) is 0 Å². The predicted octanol–water partition coefficient (Wildman–Crippen LogP) is 10.2. The van der Waals surface area contributed by atoms with Crippen LogP contribution in [0.25, 0.3) is 11.1 Å². The maximum absolute atomic E-state index is 9.79. The monoisotopic (exact) mass is 513 g/mol. The van der Waals surface area contributed by atoms with E-state index in [-0.39, 0.29) is 0 Å². The van der Waals surface area contributed by atoms with E-state index in [1.807, 2.05) is 66.7 Å². The Morgan fingerprint density at radius 2 is 0.800 bits per heavy atom. The van der Waals surface area contributed by atoms with Gasteiger partial charge in [-0.25, -0.2) is 0 Å². The first kappa shape index (κ1) is 24.7. The van der Waals surface area contributed by atoms with Gasteiger partial charge in [0.1, 0.15) is 0 Å². The summed E-state index contributed by atoms with van der Waals surface area (Å²) in [7, 11) is 0. The van der Waals surface area contributed by atoms with Crippen molar-refractivity contribution in [1.82, 2.24) is 0 Å². The number of para-hydroxylation sites is 4. The Bertz CT molecular complexity index is 1650. The third-order valence-corrected chi connectivity index (χ3v) is 6.86. The smallest absolute Gasteiger partial charge is 0.0992 e. The van der Waals surface area contributed by atoms with Crippen LogP contribution in [0.1, 0.15) is 5.56 Å². The predicted molar refractivity (Wildman–Crippen MR) is 166 cm³/mol. The lowest BCUT2D eigenvalue weighted by atomic mass is 9.99. The Balaban J connectivity index is 1.47. The molecule has 6 rings (SSSR count). The third kappa shape index (κ3) is 5.07. The molecule has 40 heavy (non-hydrogen) atoms. The van der Waals surface area contributed by atoms with Crippen LogP contribution in [0.2, 0.25) is 0 Å². The molecule has 190 valence electrons. The maximum Gasteiger partial charge on any atom is 0.0992 e. The van der Waals surface area contributed by atoms with Crippen molar-refractivity contribution in [3.63, 3.8) is 0 Å². The van der Waals surface area contributed by atoms with Gasteiger partial charge in [-0.3, -0.25) is 0 Å². The molecule has 0 spiro atoms. The number of nitriles is 1. The Hall–Kier alpha value is -5.59. The molecule has 0 heterocycles. The van der Waals surface area contributed by atoms with Crippen LogP contribution < -0.4 is 9.80 Å². The molecule has 6 aromatic rings. The molecule has 0 saturated carbocycles. The zero-order chi connectivity index (χ0) is 27.1. The molecule has 6 aromatic carbocycles. The quantitative estimate of drug-likeness (QED) is 0.213. The van der Waals surface area contributed by atoms with Crippen molar-refractivity contribution in [2.45, 2.75) is 0 Å². The first-order valence-electron chi connectivity index (χ1n) is 13.3. The zero-order valence-corrected chi connectivity index (χ0v) is 21.9. The molecule has 0 bridgehead atoms. The summed E-state index contributed by atoms with van der Waals surface area (Å²) < 4.78 is 0. The standard InChI is InChI=1S/C37H27N3/c38-28-29-21-26-36(37(27-29)40(33-17-9-3-10-18-33)34-19-11-4-12-20-34)30-22-24-35(25-23-30)39(31-13-5-1-6-14-31)32-15-7-2-8-16-32/h1-27H. The van der Waals surface area contributed by atoms with Gasteiger partial charge in [0.2, 0.25) is 0 Å². The Morgan fingerprint density at radius 3 is 1.23 bits per heavy atom. The number of nitrogens with zero attached hydrogens (tertiary/aromatic N) is 3. The van der Waals surface area contributed by atoms with Gasteiger partial charge < -0.3 is 9.80 Å². The third-order valence-electron chi connectivity index (χ3n) is 6.86. The van der Waals surface area contributed by atoms with E-state index in [0.29, 0.717) is 5.56 Å². The molecule has 0 fully saturated rings. The summed E-state index contributed by atoms with van der Waals surface area (Å²) in [6.45, 7) is 0. The first-order valence-corrected chi connectivity index (χ1v) is 13.3. The summed E-state index contributed by atoms with van der Waals surface area (Å²) in [5.41, 5.74) is 9.00. The number of anilines is 6. The van der Waals surface area contributed by atoms with Crippen LogP contribution in [0.4, 0.5) is 34.1 Å². The topological polar surface area (TPSA) is 30.3 Å². The fourth-order valence-corrected chi connectivity index (χ4v) is 5.00. The lowest BCUT2D eigenvalue weighted by Gasteiger charge is -2.28. The number of hydrogen-bond donors (Lipinski definition) is 0. The minimum atomic E-state index is 0.617. The second-order valence-corrected chi connectivity index (χ2v) is 9.40. The van der Waals surface area contributed by atoms with Gasteiger partial charge in [-0.05, 0) is 78.4 Å². The van der Waals surface area contributed by atoms with Gasteiger partial charge in [-0.2, -0.15) is 5.26 Å². The number of hydrogen-bond acceptors (Lipinski definition) is 3. The van der Waals surface area contributed by atoms with Crippen LogP contribution in [0, 0.1) is 11.3 Å². The molecule has 3 nitrogen and oxygen atoms in total. The molecule has 0 aliphatic rings. The van der Waals surface area contributed by atoms with Crippen LogP contribution in [0.15, 0.2) is 164 Å². The molecule has 3 heteroatoms. The van der Waals surface area contributed by atoms with Crippen molar-refractivity contribution in [3.8, 4) is 17.2 Å². The number of rotatable bonds is 7. The average Bonchev–Trinajstić information content (AvgIpc) is 3.04. The zero-order valence-electron chi connectivity index (χ0n) is 21.9. The van der Waals surface area contributed by atoms with E-state index in [0.717, 1.165) is 45.3 Å². The fraction of sp³-hybridized carbons (Fsp3) is 0. The van der Waals surface area contributed by atoms with Crippen LogP contribution >= 0.6 is 0 Å². The second-order valence-electron chi connectivity index (χ2n) is 9.40. The van der Waals surface area contributed by atoms with Gasteiger partial charge >= 0.3 is 0 Å². The van der Waals surface area contributed by atoms with Crippen molar-refractivity contribution >= 4 is 34.1 Å². The highest BCUT2D eigenvalue weighted by molar-refractivity contribution is 5.89. The van der Waals surface area contributed by atoms with Gasteiger partial charge in [0, 0.05) is 34.0 Å². The van der Waals surface area contributed by atoms with Crippen LogP contribution in [0.5, 0.6) is 0 Å². The molecular formula is C37H27N3. The average molecular weight is 514 g/mol. The van der Waals surface area contributed by atoms with Gasteiger partial charge in [-0.1, -0.05) is 91.0 Å². The normalized spacial score (nSPS) is 10.5. The number of benzene rings is 6. The highest BCUT2D eigenvalue weighted by Crippen LogP contribution is 2.42. The Labute approximate surface area is 235 Å². The fourth-order valence-electron chi connectivity index (χ4n) is 5.00. The molecule has 0 aromatic heterocycles. The first-order chi connectivity index (χ1) is 19.8. The molecule has 0 atom stereocenters. The molecule has 0 saturated heterocycles. The summed E-state index contributed by atoms with van der Waals surface area (Å²) >= 11 is 0. The molecule has 0 aliphatic carbocycles. The minimum absolute atomic E-state index is 0.617. The molecular weight excluding hydrogens is 486 g/mol. The van der Waals surface area contributed by atoms with Crippen molar-refractivity contribution in [2.75, 3.05) is 9.80 Å². The van der Waals surface area contributed by atoms with E-state index in [9.17, 15) is 5.26 Å². The highest BCUT2D eigenvalue weighted by atomic mass is 15.1. The van der Waals surface area contributed by atoms with Crippen molar-refractivity contribution in [3.05, 3.63) is 169 Å². The van der Waals surface area contributed by atoms with E-state index in [2.05, 4.69) is 113 Å². The summed E-state index contributed by atoms with van der Waals surface area (Å²) in [6, 6.07) is 58.2. The maximum atomic E-state index is 9.79. The van der Waals surface area contributed by atoms with E-state index in [1.165, 1.54) is 0 Å². The van der Waals surface area contributed by atoms with Gasteiger partial charge in [0.25, 0.3) is 0 Å². The molecule has 0 N–H and O–H groups in total. The summed E-state index contributed by atoms with van der Waals surface area (Å²) in [5.74, 6) is 0. The second kappa shape index (κ2) is 11.4. The van der Waals surface area contributed by atoms with Gasteiger partial charge in [0.05, 0.1) is 17.3 Å². The highest BCUT2D eigenvalue weighted by Gasteiger charge is 2.18. The van der Waals surface area contributed by atoms with Crippen LogP contribution in [-0.2, 0) is 0 Å². The van der Waals surface area contributed by atoms with E-state index in [4.69, 9.17) is 0 Å². The van der Waals surface area contributed by atoms with E-state index in [1.54, 1.807) is 0 Å². The lowest BCUT2D eigenvalue weighted by Crippen LogP contribution is -2.11. The lowest BCUT2D eigenvalue weighted by molar-refractivity contribution is 1.27. The molecule has 0 unspecified atom stereocenters. The van der Waals surface area contributed by atoms with E-state index >= 15 is 0 Å². The van der Waals surface area contributed by atoms with E-state index < -0.39 is 0 Å². The molecule has 0 radical (unpaired) electrons. The summed E-state index contributed by atoms with van der Waals surface area (Å²) in [5, 5.41) is 9.79. The van der Waals surface area contributed by atoms with Gasteiger partial charge in [0.15, 0.2) is 0 Å². The summed E-state index contributed by atoms with van der Waals surface area (Å²) in [4.78, 5) is 4.47. The minimum Gasteiger partial charge on any atom is -0.311 e. The SMILES string of the molecule is N#Cc1ccc(-c2ccc(N(c3ccccc3)c3ccccc3)cc2)c(N(c2ccccc2)c2ccccc2)c1. The molecule has 0 amide bonds. The Kier molecular flexibility index (Phi) is 7.07.